The molecule has 1 saturated heterocycles. The maximum Gasteiger partial charge on any atom is 0.325 e. The molecule has 3 N–H and O–H groups in total. The molecule has 0 bridgehead atoms. The molecule has 1 aromatic heterocycles. The van der Waals surface area contributed by atoms with E-state index in [4.69, 9.17) is 0 Å². The number of amides is 4. The van der Waals surface area contributed by atoms with Crippen LogP contribution in [-0.2, 0) is 28.0 Å². The first kappa shape index (κ1) is 22.0. The summed E-state index contributed by atoms with van der Waals surface area (Å²) in [4.78, 5) is 47.3. The van der Waals surface area contributed by atoms with Gasteiger partial charge in [-0.3, -0.25) is 14.5 Å². The van der Waals surface area contributed by atoms with Gasteiger partial charge in [0.15, 0.2) is 0 Å². The maximum absolute atomic E-state index is 14.0. The van der Waals surface area contributed by atoms with Gasteiger partial charge in [-0.05, 0) is 53.8 Å². The third-order valence-electron chi connectivity index (χ3n) is 6.85. The number of anilines is 1. The summed E-state index contributed by atoms with van der Waals surface area (Å²) in [5.74, 6) is -0.601. The number of halogens is 1. The number of carbonyl (C=O) groups is 3. The van der Waals surface area contributed by atoms with Gasteiger partial charge in [-0.1, -0.05) is 42.5 Å². The van der Waals surface area contributed by atoms with E-state index in [1.165, 1.54) is 6.07 Å². The first-order valence-electron chi connectivity index (χ1n) is 11.7. The lowest BCUT2D eigenvalue weighted by atomic mass is 9.92. The number of hydrogen-bond acceptors (Lipinski definition) is 4. The number of nitrogens with zero attached hydrogens (tertiary/aromatic N) is 2. The highest BCUT2D eigenvalue weighted by Gasteiger charge is 2.55. The number of H-pyrrole nitrogens is 1. The molecule has 2 aliphatic rings. The Hall–Kier alpha value is -4.53. The van der Waals surface area contributed by atoms with Crippen LogP contribution in [0.15, 0.2) is 66.7 Å². The summed E-state index contributed by atoms with van der Waals surface area (Å²) in [5.41, 5.74) is 3.09. The van der Waals surface area contributed by atoms with E-state index in [-0.39, 0.29) is 5.82 Å². The predicted octanol–water partition coefficient (Wildman–Crippen LogP) is 3.62. The van der Waals surface area contributed by atoms with Crippen LogP contribution in [-0.4, -0.2) is 39.3 Å². The number of carbonyl (C=O) groups excluding carboxylic acids is 3. The van der Waals surface area contributed by atoms with Crippen molar-refractivity contribution in [2.75, 3.05) is 11.9 Å². The minimum Gasteiger partial charge on any atom is -0.342 e. The largest absolute Gasteiger partial charge is 0.342 e. The van der Waals surface area contributed by atoms with Crippen molar-refractivity contribution in [3.63, 3.8) is 0 Å². The summed E-state index contributed by atoms with van der Waals surface area (Å²) in [6.45, 7) is -0.395. The minimum absolute atomic E-state index is 0.297. The zero-order valence-corrected chi connectivity index (χ0v) is 19.2. The van der Waals surface area contributed by atoms with Gasteiger partial charge in [0.25, 0.3) is 5.91 Å². The van der Waals surface area contributed by atoms with Gasteiger partial charge in [0.2, 0.25) is 5.91 Å². The highest BCUT2D eigenvalue weighted by Crippen LogP contribution is 2.41. The van der Waals surface area contributed by atoms with Gasteiger partial charge in [-0.2, -0.15) is 0 Å². The third-order valence-corrected chi connectivity index (χ3v) is 6.85. The monoisotopic (exact) mass is 483 g/mol. The van der Waals surface area contributed by atoms with Crippen molar-refractivity contribution in [1.29, 1.82) is 0 Å². The van der Waals surface area contributed by atoms with E-state index in [2.05, 4.69) is 20.6 Å². The van der Waals surface area contributed by atoms with E-state index in [0.29, 0.717) is 47.4 Å². The van der Waals surface area contributed by atoms with Crippen LogP contribution in [0.1, 0.15) is 28.9 Å². The Bertz CT molecular complexity index is 1550. The van der Waals surface area contributed by atoms with Crippen LogP contribution >= 0.6 is 0 Å². The molecule has 1 unspecified atom stereocenters. The van der Waals surface area contributed by atoms with Crippen LogP contribution < -0.4 is 10.6 Å². The summed E-state index contributed by atoms with van der Waals surface area (Å²) in [7, 11) is 0. The van der Waals surface area contributed by atoms with E-state index in [1.54, 1.807) is 36.4 Å². The van der Waals surface area contributed by atoms with E-state index >= 15 is 0 Å². The van der Waals surface area contributed by atoms with Crippen LogP contribution in [0.2, 0.25) is 0 Å². The molecule has 36 heavy (non-hydrogen) atoms. The van der Waals surface area contributed by atoms with Gasteiger partial charge in [-0.15, -0.1) is 0 Å². The number of aromatic amines is 1. The van der Waals surface area contributed by atoms with Crippen LogP contribution in [0.3, 0.4) is 0 Å². The molecule has 180 valence electrons. The lowest BCUT2D eigenvalue weighted by Gasteiger charge is -2.22. The number of imide groups is 1. The first-order valence-corrected chi connectivity index (χ1v) is 11.7. The van der Waals surface area contributed by atoms with Crippen molar-refractivity contribution in [2.45, 2.75) is 24.8 Å². The van der Waals surface area contributed by atoms with Gasteiger partial charge in [0, 0.05) is 12.1 Å². The zero-order chi connectivity index (χ0) is 24.9. The predicted molar refractivity (Wildman–Crippen MR) is 131 cm³/mol. The number of benzene rings is 3. The second kappa shape index (κ2) is 8.30. The molecule has 1 aliphatic carbocycles. The minimum atomic E-state index is -1.10. The van der Waals surface area contributed by atoms with Crippen molar-refractivity contribution < 1.29 is 18.8 Å². The number of imidazole rings is 1. The lowest BCUT2D eigenvalue weighted by Crippen LogP contribution is -2.42. The van der Waals surface area contributed by atoms with Crippen molar-refractivity contribution in [3.8, 4) is 0 Å². The fourth-order valence-corrected chi connectivity index (χ4v) is 5.12. The number of urea groups is 1. The Labute approximate surface area is 205 Å². The molecule has 3 aromatic carbocycles. The van der Waals surface area contributed by atoms with Crippen LogP contribution in [0.4, 0.5) is 14.9 Å². The average molecular weight is 484 g/mol. The highest BCUT2D eigenvalue weighted by atomic mass is 19.1. The summed E-state index contributed by atoms with van der Waals surface area (Å²) < 4.78 is 14.0. The van der Waals surface area contributed by atoms with Crippen molar-refractivity contribution in [1.82, 2.24) is 20.2 Å². The van der Waals surface area contributed by atoms with Gasteiger partial charge in [0.1, 0.15) is 23.7 Å². The molecule has 8 nitrogen and oxygen atoms in total. The fourth-order valence-electron chi connectivity index (χ4n) is 5.12. The summed E-state index contributed by atoms with van der Waals surface area (Å²) in [6.07, 6.45) is 1.46. The molecule has 4 aromatic rings. The lowest BCUT2D eigenvalue weighted by molar-refractivity contribution is -0.134. The quantitative estimate of drug-likeness (QED) is 0.377. The van der Waals surface area contributed by atoms with Gasteiger partial charge >= 0.3 is 6.03 Å². The summed E-state index contributed by atoms with van der Waals surface area (Å²) >= 11 is 0. The van der Waals surface area contributed by atoms with Gasteiger partial charge in [-0.25, -0.2) is 14.2 Å². The second-order valence-electron chi connectivity index (χ2n) is 9.12. The first-order chi connectivity index (χ1) is 17.4. The smallest absolute Gasteiger partial charge is 0.325 e. The molecule has 1 aliphatic heterocycles. The van der Waals surface area contributed by atoms with Crippen molar-refractivity contribution >= 4 is 34.6 Å². The Morgan fingerprint density at radius 3 is 2.75 bits per heavy atom. The Kier molecular flexibility index (Phi) is 5.06. The van der Waals surface area contributed by atoms with E-state index in [1.807, 2.05) is 24.3 Å². The highest BCUT2D eigenvalue weighted by molar-refractivity contribution is 6.11. The normalized spacial score (nSPS) is 18.6. The standard InChI is InChI=1S/C27H22FN5O3/c28-20-8-4-2-6-17(20)13-23-30-21-10-9-18(14-22(21)31-23)29-24(34)15-33-25(35)27(32-26(33)36)12-11-16-5-1-3-7-19(16)27/h1-10,14H,11-13,15H2,(H,29,34)(H,30,31)(H,32,36). The fraction of sp³-hybridized carbons (Fsp3) is 0.185. The molecule has 1 spiro atoms. The Morgan fingerprint density at radius 1 is 1.08 bits per heavy atom. The molecule has 9 heteroatoms. The van der Waals surface area contributed by atoms with Crippen LogP contribution in [0, 0.1) is 5.82 Å². The number of fused-ring (bicyclic) bond motifs is 3. The molecule has 0 radical (unpaired) electrons. The number of nitrogens with one attached hydrogen (secondary N) is 3. The Morgan fingerprint density at radius 2 is 1.89 bits per heavy atom. The molecule has 1 fully saturated rings. The molecule has 4 amide bonds. The van der Waals surface area contributed by atoms with Gasteiger partial charge < -0.3 is 15.6 Å². The average Bonchev–Trinajstić information content (AvgIpc) is 3.51. The van der Waals surface area contributed by atoms with E-state index in [0.717, 1.165) is 16.0 Å². The van der Waals surface area contributed by atoms with Crippen molar-refractivity contribution in [3.05, 3.63) is 95.1 Å². The Balaban J connectivity index is 1.16. The zero-order valence-electron chi connectivity index (χ0n) is 19.2. The number of rotatable bonds is 5. The van der Waals surface area contributed by atoms with E-state index in [9.17, 15) is 18.8 Å². The van der Waals surface area contributed by atoms with Crippen LogP contribution in [0.25, 0.3) is 11.0 Å². The molecule has 0 saturated carbocycles. The number of hydrogen-bond donors (Lipinski definition) is 3. The molecule has 1 atom stereocenters. The van der Waals surface area contributed by atoms with Crippen LogP contribution in [0.5, 0.6) is 0 Å². The number of aryl methyl sites for hydroxylation is 1. The number of aromatic nitrogens is 2. The summed E-state index contributed by atoms with van der Waals surface area (Å²) in [5, 5.41) is 5.57. The summed E-state index contributed by atoms with van der Waals surface area (Å²) in [6, 6.07) is 18.6. The van der Waals surface area contributed by atoms with Crippen molar-refractivity contribution in [2.24, 2.45) is 0 Å². The molecular formula is C27H22FN5O3. The molecular weight excluding hydrogens is 461 g/mol. The van der Waals surface area contributed by atoms with E-state index < -0.39 is 29.9 Å². The molecule has 6 rings (SSSR count). The molecule has 2 heterocycles. The third kappa shape index (κ3) is 3.60. The van der Waals surface area contributed by atoms with Gasteiger partial charge in [0.05, 0.1) is 11.0 Å². The maximum atomic E-state index is 14.0. The second-order valence-corrected chi connectivity index (χ2v) is 9.12. The SMILES string of the molecule is O=C(CN1C(=O)NC2(CCc3ccccc32)C1=O)Nc1ccc2nc(Cc3ccccc3F)[nH]c2c1. The topological polar surface area (TPSA) is 107 Å².